The predicted octanol–water partition coefficient (Wildman–Crippen LogP) is 2.28. The Morgan fingerprint density at radius 2 is 2.13 bits per heavy atom. The maximum absolute atomic E-state index is 5.55. The standard InChI is InChI=1S/C12H21N3/c1-4-7-15(10(2)3)9-11-5-6-12(13)14-8-11/h5-6,8,10H,4,7,9H2,1-3H3,(H2,13,14). The van der Waals surface area contributed by atoms with Gasteiger partial charge < -0.3 is 5.73 Å². The average molecular weight is 207 g/mol. The van der Waals surface area contributed by atoms with Crippen molar-refractivity contribution in [3.8, 4) is 0 Å². The number of nitrogens with zero attached hydrogens (tertiary/aromatic N) is 2. The number of rotatable bonds is 5. The van der Waals surface area contributed by atoms with E-state index in [0.717, 1.165) is 13.1 Å². The fourth-order valence-electron chi connectivity index (χ4n) is 1.57. The topological polar surface area (TPSA) is 42.1 Å². The summed E-state index contributed by atoms with van der Waals surface area (Å²) in [6, 6.07) is 4.48. The van der Waals surface area contributed by atoms with Gasteiger partial charge in [-0.05, 0) is 38.4 Å². The highest BCUT2D eigenvalue weighted by Crippen LogP contribution is 2.09. The number of aromatic nitrogens is 1. The van der Waals surface area contributed by atoms with Crippen LogP contribution in [-0.2, 0) is 6.54 Å². The fraction of sp³-hybridized carbons (Fsp3) is 0.583. The van der Waals surface area contributed by atoms with E-state index < -0.39 is 0 Å². The number of nitrogen functional groups attached to an aromatic ring is 1. The quantitative estimate of drug-likeness (QED) is 0.805. The SMILES string of the molecule is CCCN(Cc1ccc(N)nc1)C(C)C. The van der Waals surface area contributed by atoms with E-state index in [4.69, 9.17) is 5.73 Å². The number of pyridine rings is 1. The molecule has 0 aliphatic carbocycles. The summed E-state index contributed by atoms with van der Waals surface area (Å²) in [5, 5.41) is 0. The van der Waals surface area contributed by atoms with Crippen LogP contribution < -0.4 is 5.73 Å². The Labute approximate surface area is 92.3 Å². The normalized spacial score (nSPS) is 11.3. The van der Waals surface area contributed by atoms with E-state index in [0.29, 0.717) is 11.9 Å². The van der Waals surface area contributed by atoms with Crippen LogP contribution in [-0.4, -0.2) is 22.5 Å². The molecule has 15 heavy (non-hydrogen) atoms. The van der Waals surface area contributed by atoms with Crippen LogP contribution in [0.15, 0.2) is 18.3 Å². The summed E-state index contributed by atoms with van der Waals surface area (Å²) in [4.78, 5) is 6.54. The van der Waals surface area contributed by atoms with Crippen LogP contribution in [0.5, 0.6) is 0 Å². The number of anilines is 1. The minimum absolute atomic E-state index is 0.572. The third-order valence-corrected chi connectivity index (χ3v) is 2.47. The lowest BCUT2D eigenvalue weighted by Gasteiger charge is -2.25. The summed E-state index contributed by atoms with van der Waals surface area (Å²) in [5.41, 5.74) is 6.78. The Balaban J connectivity index is 2.61. The molecular formula is C12H21N3. The molecule has 0 fully saturated rings. The van der Waals surface area contributed by atoms with Crippen molar-refractivity contribution in [2.24, 2.45) is 0 Å². The Bertz CT molecular complexity index is 279. The van der Waals surface area contributed by atoms with Gasteiger partial charge >= 0.3 is 0 Å². The molecule has 0 spiro atoms. The summed E-state index contributed by atoms with van der Waals surface area (Å²) in [6.07, 6.45) is 3.04. The van der Waals surface area contributed by atoms with Gasteiger partial charge in [-0.2, -0.15) is 0 Å². The molecule has 0 saturated carbocycles. The van der Waals surface area contributed by atoms with Gasteiger partial charge in [0.2, 0.25) is 0 Å². The van der Waals surface area contributed by atoms with Gasteiger partial charge in [-0.15, -0.1) is 0 Å². The fourth-order valence-corrected chi connectivity index (χ4v) is 1.57. The predicted molar refractivity (Wildman–Crippen MR) is 64.5 cm³/mol. The second-order valence-electron chi connectivity index (χ2n) is 4.16. The molecule has 0 atom stereocenters. The smallest absolute Gasteiger partial charge is 0.123 e. The van der Waals surface area contributed by atoms with Crippen molar-refractivity contribution < 1.29 is 0 Å². The summed E-state index contributed by atoms with van der Waals surface area (Å²) in [6.45, 7) is 8.73. The summed E-state index contributed by atoms with van der Waals surface area (Å²) in [5.74, 6) is 0.588. The highest BCUT2D eigenvalue weighted by atomic mass is 15.1. The van der Waals surface area contributed by atoms with E-state index >= 15 is 0 Å². The summed E-state index contributed by atoms with van der Waals surface area (Å²) < 4.78 is 0. The van der Waals surface area contributed by atoms with Gasteiger partial charge in [0.15, 0.2) is 0 Å². The van der Waals surface area contributed by atoms with Crippen LogP contribution in [0.3, 0.4) is 0 Å². The molecule has 3 nitrogen and oxygen atoms in total. The van der Waals surface area contributed by atoms with E-state index in [1.807, 2.05) is 18.3 Å². The van der Waals surface area contributed by atoms with Gasteiger partial charge in [-0.25, -0.2) is 4.98 Å². The van der Waals surface area contributed by atoms with Crippen molar-refractivity contribution in [2.75, 3.05) is 12.3 Å². The zero-order valence-corrected chi connectivity index (χ0v) is 9.90. The van der Waals surface area contributed by atoms with Crippen molar-refractivity contribution >= 4 is 5.82 Å². The Kier molecular flexibility index (Phi) is 4.56. The Hall–Kier alpha value is -1.09. The molecule has 1 aromatic rings. The van der Waals surface area contributed by atoms with E-state index in [-0.39, 0.29) is 0 Å². The Morgan fingerprint density at radius 3 is 2.60 bits per heavy atom. The minimum atomic E-state index is 0.572. The third kappa shape index (κ3) is 3.88. The van der Waals surface area contributed by atoms with Gasteiger partial charge in [0.05, 0.1) is 0 Å². The van der Waals surface area contributed by atoms with Crippen LogP contribution in [0.1, 0.15) is 32.8 Å². The van der Waals surface area contributed by atoms with Crippen molar-refractivity contribution in [2.45, 2.75) is 39.8 Å². The lowest BCUT2D eigenvalue weighted by Crippen LogP contribution is -2.31. The van der Waals surface area contributed by atoms with Crippen LogP contribution in [0.4, 0.5) is 5.82 Å². The maximum atomic E-state index is 5.55. The molecule has 0 aliphatic rings. The highest BCUT2D eigenvalue weighted by molar-refractivity contribution is 5.29. The molecule has 1 heterocycles. The van der Waals surface area contributed by atoms with Crippen LogP contribution in [0.25, 0.3) is 0 Å². The van der Waals surface area contributed by atoms with E-state index in [2.05, 4.69) is 30.7 Å². The Morgan fingerprint density at radius 1 is 1.40 bits per heavy atom. The monoisotopic (exact) mass is 207 g/mol. The molecule has 0 amide bonds. The first-order chi connectivity index (χ1) is 7.13. The number of hydrogen-bond acceptors (Lipinski definition) is 3. The molecular weight excluding hydrogens is 186 g/mol. The highest BCUT2D eigenvalue weighted by Gasteiger charge is 2.08. The zero-order valence-electron chi connectivity index (χ0n) is 9.90. The van der Waals surface area contributed by atoms with E-state index in [1.165, 1.54) is 12.0 Å². The second-order valence-corrected chi connectivity index (χ2v) is 4.16. The van der Waals surface area contributed by atoms with Gasteiger partial charge in [0, 0.05) is 18.8 Å². The molecule has 0 radical (unpaired) electrons. The molecule has 84 valence electrons. The molecule has 0 saturated heterocycles. The van der Waals surface area contributed by atoms with Crippen molar-refractivity contribution in [3.63, 3.8) is 0 Å². The largest absolute Gasteiger partial charge is 0.384 e. The lowest BCUT2D eigenvalue weighted by atomic mass is 10.2. The van der Waals surface area contributed by atoms with Crippen LogP contribution >= 0.6 is 0 Å². The van der Waals surface area contributed by atoms with Crippen molar-refractivity contribution in [1.82, 2.24) is 9.88 Å². The molecule has 3 heteroatoms. The van der Waals surface area contributed by atoms with Crippen LogP contribution in [0.2, 0.25) is 0 Å². The molecule has 0 unspecified atom stereocenters. The first-order valence-corrected chi connectivity index (χ1v) is 5.58. The molecule has 0 aromatic carbocycles. The first-order valence-electron chi connectivity index (χ1n) is 5.58. The second kappa shape index (κ2) is 5.71. The minimum Gasteiger partial charge on any atom is -0.384 e. The molecule has 1 aromatic heterocycles. The van der Waals surface area contributed by atoms with Gasteiger partial charge in [0.1, 0.15) is 5.82 Å². The maximum Gasteiger partial charge on any atom is 0.123 e. The van der Waals surface area contributed by atoms with Crippen molar-refractivity contribution in [3.05, 3.63) is 23.9 Å². The average Bonchev–Trinajstić information content (AvgIpc) is 2.20. The van der Waals surface area contributed by atoms with Gasteiger partial charge in [0.25, 0.3) is 0 Å². The lowest BCUT2D eigenvalue weighted by molar-refractivity contribution is 0.213. The summed E-state index contributed by atoms with van der Waals surface area (Å²) in [7, 11) is 0. The summed E-state index contributed by atoms with van der Waals surface area (Å²) >= 11 is 0. The number of nitrogens with two attached hydrogens (primary N) is 1. The zero-order chi connectivity index (χ0) is 11.3. The first kappa shape index (κ1) is 12.0. The third-order valence-electron chi connectivity index (χ3n) is 2.47. The van der Waals surface area contributed by atoms with Gasteiger partial charge in [-0.1, -0.05) is 13.0 Å². The number of hydrogen-bond donors (Lipinski definition) is 1. The molecule has 2 N–H and O–H groups in total. The van der Waals surface area contributed by atoms with Crippen molar-refractivity contribution in [1.29, 1.82) is 0 Å². The van der Waals surface area contributed by atoms with Crippen LogP contribution in [0, 0.1) is 0 Å². The molecule has 0 bridgehead atoms. The molecule has 1 rings (SSSR count). The van der Waals surface area contributed by atoms with E-state index in [1.54, 1.807) is 0 Å². The van der Waals surface area contributed by atoms with Gasteiger partial charge in [-0.3, -0.25) is 4.90 Å². The van der Waals surface area contributed by atoms with E-state index in [9.17, 15) is 0 Å². The molecule has 0 aliphatic heterocycles.